The van der Waals surface area contributed by atoms with Gasteiger partial charge in [-0.05, 0) is 37.9 Å². The lowest BCUT2D eigenvalue weighted by molar-refractivity contribution is -0.385. The van der Waals surface area contributed by atoms with Gasteiger partial charge in [0, 0.05) is 18.5 Å². The van der Waals surface area contributed by atoms with Crippen LogP contribution in [0.4, 0.5) is 5.69 Å². The minimum Gasteiger partial charge on any atom is -0.493 e. The number of nitro groups is 1. The van der Waals surface area contributed by atoms with Crippen molar-refractivity contribution in [1.82, 2.24) is 5.32 Å². The van der Waals surface area contributed by atoms with Crippen molar-refractivity contribution in [2.45, 2.75) is 19.8 Å². The lowest BCUT2D eigenvalue weighted by atomic mass is 10.0. The van der Waals surface area contributed by atoms with Crippen LogP contribution in [0.25, 0.3) is 0 Å². The molecule has 1 heterocycles. The molecule has 1 aliphatic heterocycles. The minimum absolute atomic E-state index is 0.0896. The smallest absolute Gasteiger partial charge is 0.273 e. The summed E-state index contributed by atoms with van der Waals surface area (Å²) < 4.78 is 5.67. The molecular weight excluding hydrogens is 232 g/mol. The van der Waals surface area contributed by atoms with Gasteiger partial charge in [-0.2, -0.15) is 0 Å². The summed E-state index contributed by atoms with van der Waals surface area (Å²) in [5.74, 6) is 1.09. The highest BCUT2D eigenvalue weighted by Crippen LogP contribution is 2.23. The van der Waals surface area contributed by atoms with Crippen molar-refractivity contribution in [2.75, 3.05) is 19.7 Å². The highest BCUT2D eigenvalue weighted by atomic mass is 16.6. The van der Waals surface area contributed by atoms with Gasteiger partial charge in [-0.25, -0.2) is 0 Å². The van der Waals surface area contributed by atoms with Crippen molar-refractivity contribution in [3.05, 3.63) is 33.9 Å². The van der Waals surface area contributed by atoms with Crippen LogP contribution in [0, 0.1) is 23.0 Å². The molecule has 1 aromatic rings. The van der Waals surface area contributed by atoms with Gasteiger partial charge in [0.1, 0.15) is 5.75 Å². The Morgan fingerprint density at radius 3 is 3.00 bits per heavy atom. The van der Waals surface area contributed by atoms with Gasteiger partial charge in [-0.1, -0.05) is 0 Å². The fourth-order valence-electron chi connectivity index (χ4n) is 2.20. The molecular formula is C13H18N2O3. The fraction of sp³-hybridized carbons (Fsp3) is 0.538. The molecule has 2 rings (SSSR count). The second kappa shape index (κ2) is 5.82. The summed E-state index contributed by atoms with van der Waals surface area (Å²) in [6, 6.07) is 4.88. The Morgan fingerprint density at radius 1 is 1.50 bits per heavy atom. The number of ether oxygens (including phenoxy) is 1. The summed E-state index contributed by atoms with van der Waals surface area (Å²) in [4.78, 5) is 10.4. The maximum atomic E-state index is 10.8. The van der Waals surface area contributed by atoms with Crippen molar-refractivity contribution in [2.24, 2.45) is 5.92 Å². The maximum Gasteiger partial charge on any atom is 0.273 e. The van der Waals surface area contributed by atoms with Crippen molar-refractivity contribution in [3.8, 4) is 5.75 Å². The molecule has 0 saturated carbocycles. The quantitative estimate of drug-likeness (QED) is 0.657. The Hall–Kier alpha value is -1.62. The summed E-state index contributed by atoms with van der Waals surface area (Å²) in [7, 11) is 0. The normalized spacial score (nSPS) is 19.5. The highest BCUT2D eigenvalue weighted by Gasteiger charge is 2.14. The van der Waals surface area contributed by atoms with E-state index in [0.29, 0.717) is 18.3 Å². The molecule has 98 valence electrons. The van der Waals surface area contributed by atoms with E-state index in [-0.39, 0.29) is 10.6 Å². The van der Waals surface area contributed by atoms with Crippen molar-refractivity contribution < 1.29 is 9.66 Å². The van der Waals surface area contributed by atoms with Crippen LogP contribution in [0.5, 0.6) is 5.75 Å². The molecule has 5 nitrogen and oxygen atoms in total. The van der Waals surface area contributed by atoms with Crippen molar-refractivity contribution >= 4 is 5.69 Å². The summed E-state index contributed by atoms with van der Waals surface area (Å²) in [6.07, 6.45) is 2.32. The van der Waals surface area contributed by atoms with Gasteiger partial charge in [0.25, 0.3) is 5.69 Å². The van der Waals surface area contributed by atoms with E-state index in [0.717, 1.165) is 25.1 Å². The number of benzene rings is 1. The molecule has 5 heteroatoms. The molecule has 18 heavy (non-hydrogen) atoms. The molecule has 1 saturated heterocycles. The number of nitrogens with zero attached hydrogens (tertiary/aromatic N) is 1. The molecule has 1 aromatic carbocycles. The minimum atomic E-state index is -0.387. The largest absolute Gasteiger partial charge is 0.493 e. The zero-order valence-corrected chi connectivity index (χ0v) is 10.5. The molecule has 0 bridgehead atoms. The zero-order valence-electron chi connectivity index (χ0n) is 10.5. The molecule has 1 N–H and O–H groups in total. The van der Waals surface area contributed by atoms with Crippen LogP contribution in [0.2, 0.25) is 0 Å². The van der Waals surface area contributed by atoms with E-state index in [9.17, 15) is 10.1 Å². The molecule has 1 unspecified atom stereocenters. The van der Waals surface area contributed by atoms with Crippen LogP contribution in [0.1, 0.15) is 18.4 Å². The average molecular weight is 250 g/mol. The Bertz CT molecular complexity index is 428. The first-order valence-corrected chi connectivity index (χ1v) is 6.25. The lowest BCUT2D eigenvalue weighted by Gasteiger charge is -2.22. The second-order valence-corrected chi connectivity index (χ2v) is 4.78. The predicted octanol–water partition coefficient (Wildman–Crippen LogP) is 2.28. The first kappa shape index (κ1) is 12.8. The number of nitro benzene ring substituents is 1. The third-order valence-corrected chi connectivity index (χ3v) is 3.13. The summed E-state index contributed by atoms with van der Waals surface area (Å²) >= 11 is 0. The van der Waals surface area contributed by atoms with Crippen LogP contribution >= 0.6 is 0 Å². The number of hydrogen-bond donors (Lipinski definition) is 1. The monoisotopic (exact) mass is 250 g/mol. The molecule has 1 aliphatic rings. The van der Waals surface area contributed by atoms with Gasteiger partial charge in [0.15, 0.2) is 0 Å². The zero-order chi connectivity index (χ0) is 13.0. The van der Waals surface area contributed by atoms with E-state index < -0.39 is 0 Å². The number of piperidine rings is 1. The van der Waals surface area contributed by atoms with Crippen LogP contribution < -0.4 is 10.1 Å². The summed E-state index contributed by atoms with van der Waals surface area (Å²) in [6.45, 7) is 4.50. The van der Waals surface area contributed by atoms with Gasteiger partial charge in [-0.3, -0.25) is 10.1 Å². The fourth-order valence-corrected chi connectivity index (χ4v) is 2.20. The van der Waals surface area contributed by atoms with Gasteiger partial charge in [-0.15, -0.1) is 0 Å². The molecule has 1 atom stereocenters. The number of non-ortho nitro benzene ring substituents is 1. The van der Waals surface area contributed by atoms with E-state index in [1.807, 2.05) is 13.0 Å². The van der Waals surface area contributed by atoms with E-state index in [1.165, 1.54) is 12.5 Å². The maximum absolute atomic E-state index is 10.8. The lowest BCUT2D eigenvalue weighted by Crippen LogP contribution is -2.33. The molecule has 0 spiro atoms. The third-order valence-electron chi connectivity index (χ3n) is 3.13. The van der Waals surface area contributed by atoms with Gasteiger partial charge >= 0.3 is 0 Å². The molecule has 0 aromatic heterocycles. The van der Waals surface area contributed by atoms with Crippen LogP contribution in [0.15, 0.2) is 18.2 Å². The molecule has 0 aliphatic carbocycles. The van der Waals surface area contributed by atoms with Gasteiger partial charge < -0.3 is 10.1 Å². The molecule has 1 fully saturated rings. The van der Waals surface area contributed by atoms with Crippen LogP contribution in [-0.4, -0.2) is 24.6 Å². The third kappa shape index (κ3) is 3.43. The topological polar surface area (TPSA) is 64.4 Å². The van der Waals surface area contributed by atoms with E-state index >= 15 is 0 Å². The number of rotatable bonds is 4. The van der Waals surface area contributed by atoms with Crippen LogP contribution in [-0.2, 0) is 0 Å². The highest BCUT2D eigenvalue weighted by molar-refractivity contribution is 5.42. The second-order valence-electron chi connectivity index (χ2n) is 4.78. The Morgan fingerprint density at radius 2 is 2.33 bits per heavy atom. The van der Waals surface area contributed by atoms with E-state index in [1.54, 1.807) is 6.07 Å². The summed E-state index contributed by atoms with van der Waals surface area (Å²) in [5, 5.41) is 14.1. The number of hydrogen-bond acceptors (Lipinski definition) is 4. The standard InChI is InChI=1S/C13H18N2O3/c1-10-5-12(15(16)17)7-13(6-10)18-9-11-3-2-4-14-8-11/h5-7,11,14H,2-4,8-9H2,1H3. The van der Waals surface area contributed by atoms with Crippen molar-refractivity contribution in [1.29, 1.82) is 0 Å². The SMILES string of the molecule is Cc1cc(OCC2CCCNC2)cc([N+](=O)[O-])c1. The number of nitrogens with one attached hydrogen (secondary N) is 1. The van der Waals surface area contributed by atoms with Crippen molar-refractivity contribution in [3.63, 3.8) is 0 Å². The first-order chi connectivity index (χ1) is 8.65. The Labute approximate surface area is 106 Å². The summed E-state index contributed by atoms with van der Waals surface area (Å²) in [5.41, 5.74) is 0.938. The first-order valence-electron chi connectivity index (χ1n) is 6.25. The average Bonchev–Trinajstić information content (AvgIpc) is 2.37. The Kier molecular flexibility index (Phi) is 4.15. The van der Waals surface area contributed by atoms with Crippen LogP contribution in [0.3, 0.4) is 0 Å². The Balaban J connectivity index is 1.97. The molecule has 0 amide bonds. The van der Waals surface area contributed by atoms with Gasteiger partial charge in [0.2, 0.25) is 0 Å². The van der Waals surface area contributed by atoms with Gasteiger partial charge in [0.05, 0.1) is 17.6 Å². The van der Waals surface area contributed by atoms with E-state index in [4.69, 9.17) is 4.74 Å². The predicted molar refractivity (Wildman–Crippen MR) is 68.9 cm³/mol. The van der Waals surface area contributed by atoms with E-state index in [2.05, 4.69) is 5.32 Å². The molecule has 0 radical (unpaired) electrons. The number of aryl methyl sites for hydroxylation is 1.